The Balaban J connectivity index is 2.30. The molecule has 0 saturated carbocycles. The van der Waals surface area contributed by atoms with Gasteiger partial charge in [0.25, 0.3) is 0 Å². The molecule has 0 amide bonds. The van der Waals surface area contributed by atoms with E-state index in [9.17, 15) is 9.59 Å². The van der Waals surface area contributed by atoms with Gasteiger partial charge in [0.15, 0.2) is 5.78 Å². The second kappa shape index (κ2) is 7.97. The number of allylic oxidation sites excluding steroid dienone is 1. The highest BCUT2D eigenvalue weighted by molar-refractivity contribution is 8.18. The van der Waals surface area contributed by atoms with Crippen LogP contribution in [0, 0.1) is 11.8 Å². The number of Topliss-reactive ketones (excluding diaryl/α,β-unsaturated/α-hetero) is 1. The predicted molar refractivity (Wildman–Crippen MR) is 96.5 cm³/mol. The smallest absolute Gasteiger partial charge is 0.344 e. The summed E-state index contributed by atoms with van der Waals surface area (Å²) < 4.78 is 5.03. The normalized spacial score (nSPS) is 19.7. The first-order valence-corrected chi connectivity index (χ1v) is 8.44. The van der Waals surface area contributed by atoms with Crippen LogP contribution in [0.2, 0.25) is 0 Å². The molecule has 0 spiro atoms. The fraction of sp³-hybridized carbons (Fsp3) is 0.278. The van der Waals surface area contributed by atoms with Crippen LogP contribution in [0.3, 0.4) is 0 Å². The van der Waals surface area contributed by atoms with Crippen LogP contribution in [0.4, 0.5) is 0 Å². The van der Waals surface area contributed by atoms with E-state index in [1.165, 1.54) is 11.8 Å². The first-order valence-electron chi connectivity index (χ1n) is 7.63. The molecule has 1 heterocycles. The van der Waals surface area contributed by atoms with Crippen LogP contribution < -0.4 is 5.73 Å². The minimum absolute atomic E-state index is 0.0158. The van der Waals surface area contributed by atoms with E-state index in [0.717, 1.165) is 0 Å². The highest BCUT2D eigenvalue weighted by Gasteiger charge is 2.35. The largest absolute Gasteiger partial charge is 0.462 e. The van der Waals surface area contributed by atoms with Crippen molar-refractivity contribution in [2.75, 3.05) is 6.61 Å². The van der Waals surface area contributed by atoms with Gasteiger partial charge in [0, 0.05) is 17.4 Å². The van der Waals surface area contributed by atoms with Crippen molar-refractivity contribution in [3.63, 3.8) is 0 Å². The number of thioether (sulfide) groups is 1. The van der Waals surface area contributed by atoms with Gasteiger partial charge in [-0.25, -0.2) is 9.79 Å². The summed E-state index contributed by atoms with van der Waals surface area (Å²) in [6, 6.07) is 9.04. The van der Waals surface area contributed by atoms with Gasteiger partial charge in [-0.2, -0.15) is 0 Å². The predicted octanol–water partition coefficient (Wildman–Crippen LogP) is 3.14. The van der Waals surface area contributed by atoms with Crippen LogP contribution in [-0.2, 0) is 9.53 Å². The summed E-state index contributed by atoms with van der Waals surface area (Å²) in [7, 11) is 0. The summed E-state index contributed by atoms with van der Waals surface area (Å²) in [6.07, 6.45) is 1.73. The second-order valence-corrected chi connectivity index (χ2v) is 6.40. The van der Waals surface area contributed by atoms with Crippen molar-refractivity contribution in [1.82, 2.24) is 0 Å². The van der Waals surface area contributed by atoms with Crippen molar-refractivity contribution < 1.29 is 14.3 Å². The average Bonchev–Trinajstić information content (AvgIpc) is 2.97. The Hall–Kier alpha value is -2.34. The molecule has 6 heteroatoms. The number of carbonyl (C=O) groups excluding carboxylic acids is 2. The Kier molecular flexibility index (Phi) is 5.98. The number of hydrogen-bond acceptors (Lipinski definition) is 6. The van der Waals surface area contributed by atoms with E-state index in [1.54, 1.807) is 25.1 Å². The number of ketones is 1. The number of nitrogens with zero attached hydrogens (tertiary/aromatic N) is 1. The molecule has 0 fully saturated rings. The monoisotopic (exact) mass is 344 g/mol. The number of aliphatic imine (C=N–C) groups is 1. The summed E-state index contributed by atoms with van der Waals surface area (Å²) >= 11 is 1.18. The maximum atomic E-state index is 12.7. The molecule has 1 aliphatic heterocycles. The van der Waals surface area contributed by atoms with E-state index in [2.05, 4.69) is 11.6 Å². The average molecular weight is 344 g/mol. The number of rotatable bonds is 6. The van der Waals surface area contributed by atoms with Crippen molar-refractivity contribution in [2.45, 2.75) is 13.8 Å². The maximum absolute atomic E-state index is 12.7. The first-order chi connectivity index (χ1) is 11.4. The van der Waals surface area contributed by atoms with Gasteiger partial charge < -0.3 is 10.5 Å². The molecule has 1 aromatic rings. The number of carbonyl (C=O) groups is 2. The molecule has 126 valence electrons. The maximum Gasteiger partial charge on any atom is 0.344 e. The van der Waals surface area contributed by atoms with Crippen LogP contribution in [0.15, 0.2) is 58.7 Å². The third kappa shape index (κ3) is 4.14. The van der Waals surface area contributed by atoms with Crippen molar-refractivity contribution in [3.8, 4) is 0 Å². The van der Waals surface area contributed by atoms with Gasteiger partial charge in [0.2, 0.25) is 0 Å². The third-order valence-corrected chi connectivity index (χ3v) is 4.67. The molecule has 0 aliphatic carbocycles. The Morgan fingerprint density at radius 2 is 2.04 bits per heavy atom. The standard InChI is InChI=1S/C18H20N2O3S/c1-4-23-18(22)15-10-14(17(24-15)20-12(3)19)11(2)16(21)13-8-6-5-7-9-13/h5-11,14H,3-4,19H2,1-2H3/b20-17+. The van der Waals surface area contributed by atoms with Gasteiger partial charge in [0.05, 0.1) is 16.6 Å². The summed E-state index contributed by atoms with van der Waals surface area (Å²) in [5.41, 5.74) is 6.21. The van der Waals surface area contributed by atoms with Gasteiger partial charge in [-0.1, -0.05) is 61.7 Å². The van der Waals surface area contributed by atoms with E-state index in [-0.39, 0.29) is 30.0 Å². The van der Waals surface area contributed by atoms with Gasteiger partial charge in [-0.15, -0.1) is 0 Å². The Labute approximate surface area is 145 Å². The van der Waals surface area contributed by atoms with E-state index in [4.69, 9.17) is 10.5 Å². The summed E-state index contributed by atoms with van der Waals surface area (Å²) in [5, 5.41) is 0.585. The first kappa shape index (κ1) is 18.0. The Morgan fingerprint density at radius 3 is 2.62 bits per heavy atom. The van der Waals surface area contributed by atoms with Crippen molar-refractivity contribution >= 4 is 28.6 Å². The van der Waals surface area contributed by atoms with Crippen LogP contribution >= 0.6 is 11.8 Å². The highest BCUT2D eigenvalue weighted by atomic mass is 32.2. The lowest BCUT2D eigenvalue weighted by atomic mass is 9.87. The molecule has 1 aromatic carbocycles. The zero-order valence-electron chi connectivity index (χ0n) is 13.7. The summed E-state index contributed by atoms with van der Waals surface area (Å²) in [4.78, 5) is 29.3. The number of ether oxygens (including phenoxy) is 1. The SMILES string of the molecule is C=C(N)/N=C1/SC(C(=O)OCC)=CC1C(C)C(=O)c1ccccc1. The lowest BCUT2D eigenvalue weighted by Crippen LogP contribution is -2.23. The zero-order valence-corrected chi connectivity index (χ0v) is 14.5. The molecular weight excluding hydrogens is 324 g/mol. The molecule has 0 radical (unpaired) electrons. The summed E-state index contributed by atoms with van der Waals surface area (Å²) in [5.74, 6) is -1.01. The van der Waals surface area contributed by atoms with Crippen LogP contribution in [0.5, 0.6) is 0 Å². The number of benzene rings is 1. The third-order valence-electron chi connectivity index (χ3n) is 3.57. The molecule has 2 N–H and O–H groups in total. The lowest BCUT2D eigenvalue weighted by molar-refractivity contribution is -0.137. The van der Waals surface area contributed by atoms with Crippen molar-refractivity contribution in [2.24, 2.45) is 22.6 Å². The van der Waals surface area contributed by atoms with Gasteiger partial charge >= 0.3 is 5.97 Å². The van der Waals surface area contributed by atoms with Crippen molar-refractivity contribution in [3.05, 3.63) is 59.3 Å². The van der Waals surface area contributed by atoms with Gasteiger partial charge in [0.1, 0.15) is 5.82 Å². The highest BCUT2D eigenvalue weighted by Crippen LogP contribution is 2.38. The van der Waals surface area contributed by atoms with Crippen molar-refractivity contribution in [1.29, 1.82) is 0 Å². The van der Waals surface area contributed by atoms with E-state index in [0.29, 0.717) is 15.5 Å². The molecule has 2 rings (SSSR count). The lowest BCUT2D eigenvalue weighted by Gasteiger charge is -2.17. The number of nitrogens with two attached hydrogens (primary N) is 1. The molecule has 1 aliphatic rings. The molecular formula is C18H20N2O3S. The fourth-order valence-electron chi connectivity index (χ4n) is 2.39. The Bertz CT molecular complexity index is 710. The van der Waals surface area contributed by atoms with E-state index < -0.39 is 5.97 Å². The molecule has 0 bridgehead atoms. The van der Waals surface area contributed by atoms with Crippen LogP contribution in [0.1, 0.15) is 24.2 Å². The van der Waals surface area contributed by atoms with E-state index in [1.807, 2.05) is 25.1 Å². The second-order valence-electron chi connectivity index (χ2n) is 5.34. The van der Waals surface area contributed by atoms with Gasteiger partial charge in [-0.05, 0) is 6.92 Å². The fourth-order valence-corrected chi connectivity index (χ4v) is 3.54. The van der Waals surface area contributed by atoms with Gasteiger partial charge in [-0.3, -0.25) is 4.79 Å². The molecule has 0 saturated heterocycles. The molecule has 24 heavy (non-hydrogen) atoms. The van der Waals surface area contributed by atoms with Crippen LogP contribution in [0.25, 0.3) is 0 Å². The van der Waals surface area contributed by atoms with Crippen LogP contribution in [-0.4, -0.2) is 23.4 Å². The molecule has 0 aromatic heterocycles. The number of esters is 1. The zero-order chi connectivity index (χ0) is 17.7. The van der Waals surface area contributed by atoms with E-state index >= 15 is 0 Å². The minimum Gasteiger partial charge on any atom is -0.462 e. The Morgan fingerprint density at radius 1 is 1.38 bits per heavy atom. The molecule has 2 unspecified atom stereocenters. The number of hydrogen-bond donors (Lipinski definition) is 1. The quantitative estimate of drug-likeness (QED) is 0.633. The summed E-state index contributed by atoms with van der Waals surface area (Å²) in [6.45, 7) is 7.43. The molecule has 5 nitrogen and oxygen atoms in total. The minimum atomic E-state index is -0.417. The topological polar surface area (TPSA) is 81.8 Å². The molecule has 2 atom stereocenters.